The summed E-state index contributed by atoms with van der Waals surface area (Å²) in [6, 6.07) is 64.1. The van der Waals surface area contributed by atoms with Gasteiger partial charge in [-0.15, -0.1) is 29.3 Å². The molecule has 0 spiro atoms. The number of hydrogen-bond acceptors (Lipinski definition) is 3. The molecule has 0 unspecified atom stereocenters. The van der Waals surface area contributed by atoms with Crippen LogP contribution in [0, 0.1) is 12.9 Å². The van der Waals surface area contributed by atoms with Crippen molar-refractivity contribution in [2.45, 2.75) is 98.8 Å². The van der Waals surface area contributed by atoms with E-state index in [0.29, 0.717) is 28.2 Å². The van der Waals surface area contributed by atoms with Gasteiger partial charge in [-0.1, -0.05) is 214 Å². The first-order chi connectivity index (χ1) is 36.1. The molecule has 0 aliphatic carbocycles. The summed E-state index contributed by atoms with van der Waals surface area (Å²) in [5.41, 5.74) is 17.7. The van der Waals surface area contributed by atoms with E-state index in [-0.39, 0.29) is 55.0 Å². The standard InChI is InChI=1S/C69H66N3O.Pt/c1-43(2)52-39-58(44(3)4)66(73)61(40-52)67-71-65-57(53-36-54(38-56(37-53)69(9,10)11)62-41-51(33-34-70-62)48-27-25-47(26-28-48)46-19-14-12-15-20-46)23-18-24-63(65)72(67)64-35-45(5)59(49-21-16-13-17-22-49)42-60(64)50-29-31-55(32-30-50)68(6,7)8;/h12-35,37-44,73H,1-11H3;/q-1;/i5D3;. The molecular weight excluding hydrogens is 1080 g/mol. The minimum atomic E-state index is -2.49. The number of phenolic OH excluding ortho intramolecular Hbond substituents is 1. The van der Waals surface area contributed by atoms with Crippen LogP contribution in [0.15, 0.2) is 182 Å². The molecule has 8 aromatic carbocycles. The topological polar surface area (TPSA) is 50.9 Å². The van der Waals surface area contributed by atoms with Crippen LogP contribution in [0.1, 0.15) is 113 Å². The Bertz CT molecular complexity index is 3750. The molecule has 10 aromatic rings. The van der Waals surface area contributed by atoms with Crippen LogP contribution in [0.25, 0.3) is 95.0 Å². The predicted octanol–water partition coefficient (Wildman–Crippen LogP) is 18.7. The molecule has 0 saturated heterocycles. The summed E-state index contributed by atoms with van der Waals surface area (Å²) in [6.07, 6.45) is 1.87. The third kappa shape index (κ3) is 10.2. The molecule has 0 atom stereocenters. The third-order valence-corrected chi connectivity index (χ3v) is 14.3. The fourth-order valence-electron chi connectivity index (χ4n) is 9.91. The molecule has 2 heterocycles. The molecule has 0 aliphatic heterocycles. The number of imidazole rings is 1. The van der Waals surface area contributed by atoms with Gasteiger partial charge in [-0.2, -0.15) is 0 Å². The van der Waals surface area contributed by atoms with Crippen LogP contribution < -0.4 is 0 Å². The number of fused-ring (bicyclic) bond motifs is 1. The zero-order valence-corrected chi connectivity index (χ0v) is 46.4. The van der Waals surface area contributed by atoms with E-state index in [9.17, 15) is 5.11 Å². The van der Waals surface area contributed by atoms with Crippen molar-refractivity contribution in [1.82, 2.24) is 14.5 Å². The average Bonchev–Trinajstić information content (AvgIpc) is 3.87. The molecule has 74 heavy (non-hydrogen) atoms. The summed E-state index contributed by atoms with van der Waals surface area (Å²) in [4.78, 5) is 10.6. The molecule has 5 heteroatoms. The number of aromatic hydroxyl groups is 1. The molecule has 4 nitrogen and oxygen atoms in total. The van der Waals surface area contributed by atoms with Crippen LogP contribution in [0.3, 0.4) is 0 Å². The summed E-state index contributed by atoms with van der Waals surface area (Å²) >= 11 is 0. The van der Waals surface area contributed by atoms with Crippen molar-refractivity contribution in [2.24, 2.45) is 0 Å². The molecule has 1 N–H and O–H groups in total. The summed E-state index contributed by atoms with van der Waals surface area (Å²) in [5, 5.41) is 12.6. The molecule has 0 saturated carbocycles. The van der Waals surface area contributed by atoms with E-state index in [1.807, 2.05) is 60.8 Å². The van der Waals surface area contributed by atoms with Crippen molar-refractivity contribution in [1.29, 1.82) is 0 Å². The second kappa shape index (κ2) is 20.6. The largest absolute Gasteiger partial charge is 0.507 e. The number of nitrogens with zero attached hydrogens (tertiary/aromatic N) is 3. The van der Waals surface area contributed by atoms with Gasteiger partial charge in [0.15, 0.2) is 0 Å². The maximum atomic E-state index is 12.6. The molecule has 0 aliphatic rings. The summed E-state index contributed by atoms with van der Waals surface area (Å²) in [6.45, 7) is 19.3. The molecule has 0 amide bonds. The zero-order chi connectivity index (χ0) is 53.8. The Labute approximate surface area is 457 Å². The molecule has 0 radical (unpaired) electrons. The van der Waals surface area contributed by atoms with E-state index >= 15 is 0 Å². The first kappa shape index (κ1) is 47.8. The quantitative estimate of drug-likeness (QED) is 0.139. The van der Waals surface area contributed by atoms with Crippen LogP contribution in [0.2, 0.25) is 0 Å². The fourth-order valence-corrected chi connectivity index (χ4v) is 9.91. The van der Waals surface area contributed by atoms with Crippen molar-refractivity contribution < 1.29 is 30.3 Å². The number of para-hydroxylation sites is 1. The average molecular weight is 1150 g/mol. The van der Waals surface area contributed by atoms with E-state index in [2.05, 4.69) is 201 Å². The van der Waals surface area contributed by atoms with Gasteiger partial charge < -0.3 is 5.11 Å². The van der Waals surface area contributed by atoms with Gasteiger partial charge in [0.2, 0.25) is 0 Å². The van der Waals surface area contributed by atoms with E-state index in [4.69, 9.17) is 14.1 Å². The SMILES string of the molecule is [2H]C([2H])([2H])c1cc(-n2c(-c3cc(C(C)C)cc(C(C)C)c3O)nc3c(-c4[c-]c(-c5cc(-c6ccc(-c7ccccc7)cc6)ccn5)cc(C(C)(C)C)c4)cccc32)c(-c2ccc(C(C)(C)C)cc2)cc1-c1ccccc1.[Pt]. The van der Waals surface area contributed by atoms with Crippen molar-refractivity contribution in [3.8, 4) is 89.7 Å². The van der Waals surface area contributed by atoms with Crippen LogP contribution >= 0.6 is 0 Å². The maximum Gasteiger partial charge on any atom is 0.148 e. The van der Waals surface area contributed by atoms with E-state index in [1.54, 1.807) is 0 Å². The second-order valence-corrected chi connectivity index (χ2v) is 22.2. The molecule has 374 valence electrons. The smallest absolute Gasteiger partial charge is 0.148 e. The van der Waals surface area contributed by atoms with Gasteiger partial charge in [0.05, 0.1) is 22.3 Å². The maximum absolute atomic E-state index is 12.6. The number of benzene rings is 8. The monoisotopic (exact) mass is 1150 g/mol. The molecular formula is C69H66N3OPt-. The molecule has 0 bridgehead atoms. The van der Waals surface area contributed by atoms with Crippen LogP contribution in [0.5, 0.6) is 5.75 Å². The predicted molar refractivity (Wildman–Crippen MR) is 308 cm³/mol. The van der Waals surface area contributed by atoms with Gasteiger partial charge in [0.1, 0.15) is 11.6 Å². The molecule has 10 rings (SSSR count). The first-order valence-electron chi connectivity index (χ1n) is 27.1. The molecule has 0 fully saturated rings. The number of aromatic nitrogens is 3. The summed E-state index contributed by atoms with van der Waals surface area (Å²) in [7, 11) is 0. The van der Waals surface area contributed by atoms with Crippen LogP contribution in [0.4, 0.5) is 0 Å². The van der Waals surface area contributed by atoms with Crippen molar-refractivity contribution >= 4 is 11.0 Å². The van der Waals surface area contributed by atoms with E-state index < -0.39 is 6.85 Å². The Balaban J connectivity index is 0.00000722. The number of phenols is 1. The summed E-state index contributed by atoms with van der Waals surface area (Å²) < 4.78 is 29.4. The summed E-state index contributed by atoms with van der Waals surface area (Å²) in [5.74, 6) is 0.794. The third-order valence-electron chi connectivity index (χ3n) is 14.3. The van der Waals surface area contributed by atoms with Crippen molar-refractivity contribution in [3.63, 3.8) is 0 Å². The molecule has 2 aromatic heterocycles. The minimum Gasteiger partial charge on any atom is -0.507 e. The van der Waals surface area contributed by atoms with Gasteiger partial charge >= 0.3 is 0 Å². The first-order valence-corrected chi connectivity index (χ1v) is 25.6. The Morgan fingerprint density at radius 1 is 0.527 bits per heavy atom. The van der Waals surface area contributed by atoms with Gasteiger partial charge in [-0.3, -0.25) is 9.55 Å². The Morgan fingerprint density at radius 2 is 1.12 bits per heavy atom. The van der Waals surface area contributed by atoms with Crippen LogP contribution in [-0.4, -0.2) is 19.6 Å². The van der Waals surface area contributed by atoms with Crippen LogP contribution in [-0.2, 0) is 31.9 Å². The van der Waals surface area contributed by atoms with Gasteiger partial charge in [-0.05, 0) is 121 Å². The van der Waals surface area contributed by atoms with Gasteiger partial charge in [0, 0.05) is 42.6 Å². The van der Waals surface area contributed by atoms with Crippen molar-refractivity contribution in [2.75, 3.05) is 0 Å². The van der Waals surface area contributed by atoms with E-state index in [0.717, 1.165) is 78.0 Å². The number of aryl methyl sites for hydroxylation is 1. The van der Waals surface area contributed by atoms with Gasteiger partial charge in [0.25, 0.3) is 0 Å². The fraction of sp³-hybridized carbons (Fsp3) is 0.217. The Hall–Kier alpha value is -7.13. The normalized spacial score (nSPS) is 12.7. The second-order valence-electron chi connectivity index (χ2n) is 22.2. The van der Waals surface area contributed by atoms with Crippen molar-refractivity contribution in [3.05, 3.63) is 216 Å². The number of rotatable bonds is 10. The Kier molecular flexibility index (Phi) is 13.3. The number of hydrogen-bond donors (Lipinski definition) is 1. The zero-order valence-electron chi connectivity index (χ0n) is 47.1. The van der Waals surface area contributed by atoms with E-state index in [1.165, 1.54) is 11.1 Å². The minimum absolute atomic E-state index is 0. The number of pyridine rings is 1. The van der Waals surface area contributed by atoms with Gasteiger partial charge in [-0.25, -0.2) is 4.98 Å². The Morgan fingerprint density at radius 3 is 1.74 bits per heavy atom.